The number of carbonyl (C=O) groups excluding carboxylic acids is 2. The predicted octanol–water partition coefficient (Wildman–Crippen LogP) is 2.09. The van der Waals surface area contributed by atoms with E-state index in [0.717, 1.165) is 0 Å². The molecule has 1 aromatic rings. The zero-order valence-electron chi connectivity index (χ0n) is 18.3. The first-order valence-electron chi connectivity index (χ1n) is 9.97. The summed E-state index contributed by atoms with van der Waals surface area (Å²) in [5.41, 5.74) is 5.99. The molecule has 168 valence electrons. The Morgan fingerprint density at radius 3 is 2.27 bits per heavy atom. The third-order valence-corrected chi connectivity index (χ3v) is 4.24. The van der Waals surface area contributed by atoms with Crippen molar-refractivity contribution in [2.45, 2.75) is 77.7 Å². The second-order valence-electron chi connectivity index (χ2n) is 8.85. The second kappa shape index (κ2) is 11.0. The highest BCUT2D eigenvalue weighted by atomic mass is 16.6. The van der Waals surface area contributed by atoms with Gasteiger partial charge in [-0.1, -0.05) is 26.0 Å². The minimum absolute atomic E-state index is 0.0365. The number of esters is 1. The summed E-state index contributed by atoms with van der Waals surface area (Å²) in [5.74, 6) is -0.871. The summed E-state index contributed by atoms with van der Waals surface area (Å²) in [6.07, 6.45) is -0.760. The molecule has 1 amide bonds. The minimum atomic E-state index is -1.14. The van der Waals surface area contributed by atoms with Crippen molar-refractivity contribution in [3.63, 3.8) is 0 Å². The number of nitrogens with two attached hydrogens (primary N) is 1. The molecule has 0 bridgehead atoms. The van der Waals surface area contributed by atoms with Crippen LogP contribution in [-0.4, -0.2) is 45.7 Å². The van der Waals surface area contributed by atoms with E-state index in [0.29, 0.717) is 12.0 Å². The van der Waals surface area contributed by atoms with Gasteiger partial charge in [0.15, 0.2) is 0 Å². The molecular formula is C21H33N3O6. The predicted molar refractivity (Wildman–Crippen MR) is 113 cm³/mol. The van der Waals surface area contributed by atoms with Crippen molar-refractivity contribution in [2.24, 2.45) is 11.7 Å². The van der Waals surface area contributed by atoms with Crippen LogP contribution in [0.4, 0.5) is 5.69 Å². The van der Waals surface area contributed by atoms with Gasteiger partial charge in [-0.25, -0.2) is 4.79 Å². The van der Waals surface area contributed by atoms with Gasteiger partial charge in [0.1, 0.15) is 11.6 Å². The summed E-state index contributed by atoms with van der Waals surface area (Å²) in [4.78, 5) is 35.0. The average Bonchev–Trinajstić information content (AvgIpc) is 2.59. The smallest absolute Gasteiger partial charge is 0.329 e. The second-order valence-corrected chi connectivity index (χ2v) is 8.85. The van der Waals surface area contributed by atoms with E-state index < -0.39 is 40.6 Å². The monoisotopic (exact) mass is 423 g/mol. The number of amides is 1. The Morgan fingerprint density at radius 2 is 1.80 bits per heavy atom. The van der Waals surface area contributed by atoms with E-state index in [9.17, 15) is 24.8 Å². The number of aliphatic hydroxyl groups is 1. The van der Waals surface area contributed by atoms with Gasteiger partial charge in [-0.05, 0) is 45.1 Å². The van der Waals surface area contributed by atoms with Crippen molar-refractivity contribution in [1.29, 1.82) is 0 Å². The Morgan fingerprint density at radius 1 is 1.23 bits per heavy atom. The first-order chi connectivity index (χ1) is 13.8. The zero-order valence-corrected chi connectivity index (χ0v) is 18.3. The van der Waals surface area contributed by atoms with Gasteiger partial charge in [-0.15, -0.1) is 0 Å². The van der Waals surface area contributed by atoms with Crippen LogP contribution in [0.25, 0.3) is 0 Å². The number of hydrogen-bond donors (Lipinski definition) is 3. The molecule has 1 rings (SSSR count). The molecule has 9 heteroatoms. The lowest BCUT2D eigenvalue weighted by molar-refractivity contribution is -0.384. The van der Waals surface area contributed by atoms with Crippen molar-refractivity contribution >= 4 is 17.6 Å². The van der Waals surface area contributed by atoms with Gasteiger partial charge in [-0.3, -0.25) is 14.9 Å². The molecule has 1 aromatic carbocycles. The Bertz CT molecular complexity index is 727. The molecule has 30 heavy (non-hydrogen) atoms. The molecule has 0 aromatic heterocycles. The Hall–Kier alpha value is -2.52. The molecule has 0 saturated carbocycles. The number of nitrogens with one attached hydrogen (secondary N) is 1. The highest BCUT2D eigenvalue weighted by Crippen LogP contribution is 2.15. The minimum Gasteiger partial charge on any atom is -0.458 e. The lowest BCUT2D eigenvalue weighted by Gasteiger charge is -2.26. The van der Waals surface area contributed by atoms with Gasteiger partial charge >= 0.3 is 5.97 Å². The molecule has 4 N–H and O–H groups in total. The van der Waals surface area contributed by atoms with Crippen molar-refractivity contribution in [2.75, 3.05) is 0 Å². The molecule has 0 heterocycles. The van der Waals surface area contributed by atoms with Crippen molar-refractivity contribution in [1.82, 2.24) is 5.32 Å². The first kappa shape index (κ1) is 25.5. The van der Waals surface area contributed by atoms with Gasteiger partial charge in [0.05, 0.1) is 17.4 Å². The highest BCUT2D eigenvalue weighted by molar-refractivity contribution is 5.84. The maximum absolute atomic E-state index is 12.4. The van der Waals surface area contributed by atoms with Gasteiger partial charge < -0.3 is 20.9 Å². The van der Waals surface area contributed by atoms with Crippen LogP contribution in [0.1, 0.15) is 53.0 Å². The fourth-order valence-electron chi connectivity index (χ4n) is 2.81. The van der Waals surface area contributed by atoms with Crippen LogP contribution in [-0.2, 0) is 20.7 Å². The maximum atomic E-state index is 12.4. The molecule has 9 nitrogen and oxygen atoms in total. The van der Waals surface area contributed by atoms with Crippen LogP contribution in [0.2, 0.25) is 0 Å². The molecule has 3 atom stereocenters. The van der Waals surface area contributed by atoms with Crippen LogP contribution in [0.5, 0.6) is 0 Å². The SMILES string of the molecule is CC(C)C[C@H](NC(=O)C[C@H](O)[C@@H](N)Cc1ccc([N+](=O)[O-])cc1)C(=O)OC(C)(C)C. The van der Waals surface area contributed by atoms with E-state index in [-0.39, 0.29) is 24.4 Å². The topological polar surface area (TPSA) is 145 Å². The third kappa shape index (κ3) is 9.32. The molecule has 0 aliphatic heterocycles. The molecule has 0 radical (unpaired) electrons. The number of carbonyl (C=O) groups is 2. The summed E-state index contributed by atoms with van der Waals surface area (Å²) in [6.45, 7) is 9.11. The maximum Gasteiger partial charge on any atom is 0.329 e. The largest absolute Gasteiger partial charge is 0.458 e. The number of ether oxygens (including phenoxy) is 1. The Kier molecular flexibility index (Phi) is 9.38. The van der Waals surface area contributed by atoms with Crippen LogP contribution >= 0.6 is 0 Å². The van der Waals surface area contributed by atoms with Crippen molar-refractivity contribution in [3.05, 3.63) is 39.9 Å². The van der Waals surface area contributed by atoms with E-state index in [2.05, 4.69) is 5.32 Å². The fourth-order valence-corrected chi connectivity index (χ4v) is 2.81. The molecule has 0 aliphatic rings. The summed E-state index contributed by atoms with van der Waals surface area (Å²) >= 11 is 0. The number of hydrogen-bond acceptors (Lipinski definition) is 7. The zero-order chi connectivity index (χ0) is 23.1. The molecule has 0 saturated heterocycles. The number of nitro benzene ring substituents is 1. The molecular weight excluding hydrogens is 390 g/mol. The standard InChI is InChI=1S/C21H33N3O6/c1-13(2)10-17(20(27)30-21(3,4)5)23-19(26)12-18(25)16(22)11-14-6-8-15(9-7-14)24(28)29/h6-9,13,16-18,25H,10-12,22H2,1-5H3,(H,23,26)/t16-,17-,18-/m0/s1. The number of non-ortho nitro benzene ring substituents is 1. The van der Waals surface area contributed by atoms with E-state index >= 15 is 0 Å². The lowest BCUT2D eigenvalue weighted by atomic mass is 9.99. The number of nitrogens with zero attached hydrogens (tertiary/aromatic N) is 1. The van der Waals surface area contributed by atoms with E-state index in [1.54, 1.807) is 32.9 Å². The summed E-state index contributed by atoms with van der Waals surface area (Å²) in [6, 6.07) is 4.28. The summed E-state index contributed by atoms with van der Waals surface area (Å²) in [7, 11) is 0. The van der Waals surface area contributed by atoms with Gasteiger partial charge in [0.25, 0.3) is 5.69 Å². The van der Waals surface area contributed by atoms with E-state index in [1.807, 2.05) is 13.8 Å². The highest BCUT2D eigenvalue weighted by Gasteiger charge is 2.28. The van der Waals surface area contributed by atoms with Gasteiger partial charge in [0.2, 0.25) is 5.91 Å². The normalized spacial score (nSPS) is 14.7. The number of nitro groups is 1. The van der Waals surface area contributed by atoms with Crippen LogP contribution in [0.15, 0.2) is 24.3 Å². The van der Waals surface area contributed by atoms with Gasteiger partial charge in [0, 0.05) is 18.2 Å². The van der Waals surface area contributed by atoms with E-state index in [1.165, 1.54) is 12.1 Å². The third-order valence-electron chi connectivity index (χ3n) is 4.24. The van der Waals surface area contributed by atoms with Crippen LogP contribution in [0, 0.1) is 16.0 Å². The Labute approximate surface area is 177 Å². The summed E-state index contributed by atoms with van der Waals surface area (Å²) < 4.78 is 5.37. The number of rotatable bonds is 10. The first-order valence-corrected chi connectivity index (χ1v) is 9.97. The number of aliphatic hydroxyl groups excluding tert-OH is 1. The lowest BCUT2D eigenvalue weighted by Crippen LogP contribution is -2.47. The summed E-state index contributed by atoms with van der Waals surface area (Å²) in [5, 5.41) is 23.6. The molecule has 0 spiro atoms. The average molecular weight is 424 g/mol. The molecule has 0 aliphatic carbocycles. The van der Waals surface area contributed by atoms with Crippen LogP contribution < -0.4 is 11.1 Å². The number of benzene rings is 1. The quantitative estimate of drug-likeness (QED) is 0.297. The van der Waals surface area contributed by atoms with Crippen molar-refractivity contribution < 1.29 is 24.4 Å². The van der Waals surface area contributed by atoms with Crippen LogP contribution in [0.3, 0.4) is 0 Å². The fraction of sp³-hybridized carbons (Fsp3) is 0.619. The Balaban J connectivity index is 2.66. The van der Waals surface area contributed by atoms with Gasteiger partial charge in [-0.2, -0.15) is 0 Å². The van der Waals surface area contributed by atoms with Crippen molar-refractivity contribution in [3.8, 4) is 0 Å². The molecule has 0 fully saturated rings. The molecule has 0 unspecified atom stereocenters. The van der Waals surface area contributed by atoms with E-state index in [4.69, 9.17) is 10.5 Å².